The predicted molar refractivity (Wildman–Crippen MR) is 69.6 cm³/mol. The van der Waals surface area contributed by atoms with Crippen molar-refractivity contribution < 1.29 is 4.79 Å². The number of likely N-dealkylation sites (tertiary alicyclic amines) is 1. The first kappa shape index (κ1) is 11.6. The Balaban J connectivity index is 1.78. The molecule has 1 amide bonds. The first-order chi connectivity index (χ1) is 8.55. The van der Waals surface area contributed by atoms with Crippen molar-refractivity contribution in [3.63, 3.8) is 0 Å². The number of nitrogens with one attached hydrogen (secondary N) is 1. The van der Waals surface area contributed by atoms with Crippen LogP contribution in [-0.2, 0) is 6.54 Å². The summed E-state index contributed by atoms with van der Waals surface area (Å²) in [4.78, 5) is 18.7. The van der Waals surface area contributed by atoms with Crippen LogP contribution in [0.5, 0.6) is 0 Å². The molecule has 0 saturated carbocycles. The van der Waals surface area contributed by atoms with Gasteiger partial charge in [0.1, 0.15) is 5.69 Å². The Hall–Kier alpha value is -1.52. The molecule has 0 atom stereocenters. The number of anilines is 1. The van der Waals surface area contributed by atoms with Crippen LogP contribution in [0.4, 0.5) is 5.95 Å². The number of amides is 1. The van der Waals surface area contributed by atoms with Crippen LogP contribution in [-0.4, -0.2) is 40.0 Å². The van der Waals surface area contributed by atoms with Gasteiger partial charge in [-0.25, -0.2) is 4.98 Å². The van der Waals surface area contributed by atoms with Crippen molar-refractivity contribution in [1.82, 2.24) is 14.5 Å². The average molecular weight is 248 g/mol. The highest BCUT2D eigenvalue weighted by molar-refractivity contribution is 5.92. The van der Waals surface area contributed by atoms with E-state index in [4.69, 9.17) is 0 Å². The molecule has 1 aromatic rings. The van der Waals surface area contributed by atoms with Gasteiger partial charge in [-0.3, -0.25) is 4.79 Å². The fourth-order valence-electron chi connectivity index (χ4n) is 2.73. The third-order valence-electron chi connectivity index (χ3n) is 3.82. The molecule has 5 nitrogen and oxygen atoms in total. The maximum absolute atomic E-state index is 12.4. The molecule has 1 aromatic heterocycles. The summed E-state index contributed by atoms with van der Waals surface area (Å²) in [7, 11) is 0. The van der Waals surface area contributed by atoms with Gasteiger partial charge in [0, 0.05) is 32.4 Å². The monoisotopic (exact) mass is 248 g/mol. The molecule has 3 heterocycles. The fourth-order valence-corrected chi connectivity index (χ4v) is 2.73. The standard InChI is InChI=1S/C13H20N4O/c1-13(2)4-7-17(9-13)11(18)10-8-16-6-3-5-14-12(16)15-10/h8H,3-7,9H2,1-2H3,(H,14,15). The third kappa shape index (κ3) is 1.98. The molecule has 2 aliphatic rings. The lowest BCUT2D eigenvalue weighted by atomic mass is 9.93. The lowest BCUT2D eigenvalue weighted by Gasteiger charge is -2.18. The number of fused-ring (bicyclic) bond motifs is 1. The summed E-state index contributed by atoms with van der Waals surface area (Å²) in [5, 5.41) is 3.23. The van der Waals surface area contributed by atoms with Gasteiger partial charge in [0.15, 0.2) is 0 Å². The van der Waals surface area contributed by atoms with Gasteiger partial charge in [0.2, 0.25) is 5.95 Å². The van der Waals surface area contributed by atoms with Crippen LogP contribution in [0.3, 0.4) is 0 Å². The quantitative estimate of drug-likeness (QED) is 0.820. The molecule has 3 rings (SSSR count). The van der Waals surface area contributed by atoms with Crippen LogP contribution in [0.15, 0.2) is 6.20 Å². The first-order valence-electron chi connectivity index (χ1n) is 6.65. The number of aryl methyl sites for hydroxylation is 1. The maximum atomic E-state index is 12.4. The van der Waals surface area contributed by atoms with Crippen molar-refractivity contribution >= 4 is 11.9 Å². The Morgan fingerprint density at radius 1 is 1.44 bits per heavy atom. The molecule has 1 saturated heterocycles. The zero-order valence-electron chi connectivity index (χ0n) is 11.1. The molecular formula is C13H20N4O. The van der Waals surface area contributed by atoms with Crippen LogP contribution in [0, 0.1) is 5.41 Å². The zero-order valence-corrected chi connectivity index (χ0v) is 11.1. The molecule has 0 unspecified atom stereocenters. The smallest absolute Gasteiger partial charge is 0.274 e. The SMILES string of the molecule is CC1(C)CCN(C(=O)c2cn3c(n2)NCCC3)C1. The normalized spacial score (nSPS) is 21.6. The largest absolute Gasteiger partial charge is 0.356 e. The number of hydrogen-bond acceptors (Lipinski definition) is 3. The summed E-state index contributed by atoms with van der Waals surface area (Å²) >= 11 is 0. The van der Waals surface area contributed by atoms with E-state index in [0.29, 0.717) is 5.69 Å². The summed E-state index contributed by atoms with van der Waals surface area (Å²) in [5.74, 6) is 0.910. The second-order valence-corrected chi connectivity index (χ2v) is 6.06. The number of imidazole rings is 1. The van der Waals surface area contributed by atoms with Crippen molar-refractivity contribution in [3.8, 4) is 0 Å². The average Bonchev–Trinajstić information content (AvgIpc) is 2.91. The van der Waals surface area contributed by atoms with E-state index >= 15 is 0 Å². The van der Waals surface area contributed by atoms with Crippen molar-refractivity contribution in [2.45, 2.75) is 33.2 Å². The fraction of sp³-hybridized carbons (Fsp3) is 0.692. The molecule has 0 bridgehead atoms. The van der Waals surface area contributed by atoms with Gasteiger partial charge < -0.3 is 14.8 Å². The van der Waals surface area contributed by atoms with E-state index in [1.165, 1.54) is 0 Å². The number of carbonyl (C=O) groups is 1. The van der Waals surface area contributed by atoms with E-state index in [1.807, 2.05) is 15.7 Å². The highest BCUT2D eigenvalue weighted by atomic mass is 16.2. The van der Waals surface area contributed by atoms with Crippen LogP contribution < -0.4 is 5.32 Å². The minimum Gasteiger partial charge on any atom is -0.356 e. The second kappa shape index (κ2) is 4.00. The van der Waals surface area contributed by atoms with Crippen molar-refractivity contribution in [2.75, 3.05) is 25.0 Å². The number of aromatic nitrogens is 2. The van der Waals surface area contributed by atoms with E-state index in [2.05, 4.69) is 24.1 Å². The molecule has 18 heavy (non-hydrogen) atoms. The molecule has 0 radical (unpaired) electrons. The molecule has 5 heteroatoms. The second-order valence-electron chi connectivity index (χ2n) is 6.06. The predicted octanol–water partition coefficient (Wildman–Crippen LogP) is 1.57. The van der Waals surface area contributed by atoms with Gasteiger partial charge in [-0.05, 0) is 18.3 Å². The van der Waals surface area contributed by atoms with Gasteiger partial charge in [-0.15, -0.1) is 0 Å². The maximum Gasteiger partial charge on any atom is 0.274 e. The van der Waals surface area contributed by atoms with E-state index < -0.39 is 0 Å². The van der Waals surface area contributed by atoms with E-state index in [-0.39, 0.29) is 11.3 Å². The molecule has 0 aromatic carbocycles. The Kier molecular flexibility index (Phi) is 2.57. The van der Waals surface area contributed by atoms with Crippen LogP contribution in [0.25, 0.3) is 0 Å². The van der Waals surface area contributed by atoms with Gasteiger partial charge in [0.25, 0.3) is 5.91 Å². The highest BCUT2D eigenvalue weighted by Gasteiger charge is 2.33. The van der Waals surface area contributed by atoms with E-state index in [0.717, 1.165) is 45.0 Å². The Morgan fingerprint density at radius 2 is 2.28 bits per heavy atom. The Bertz CT molecular complexity index is 454. The van der Waals surface area contributed by atoms with E-state index in [1.54, 1.807) is 0 Å². The lowest BCUT2D eigenvalue weighted by Crippen LogP contribution is -2.30. The molecule has 0 aliphatic carbocycles. The number of carbonyl (C=O) groups excluding carboxylic acids is 1. The van der Waals surface area contributed by atoms with Crippen molar-refractivity contribution in [3.05, 3.63) is 11.9 Å². The molecular weight excluding hydrogens is 228 g/mol. The molecule has 1 N–H and O–H groups in total. The summed E-state index contributed by atoms with van der Waals surface area (Å²) in [5.41, 5.74) is 0.824. The topological polar surface area (TPSA) is 50.2 Å². The van der Waals surface area contributed by atoms with Crippen LogP contribution >= 0.6 is 0 Å². The van der Waals surface area contributed by atoms with Gasteiger partial charge in [-0.1, -0.05) is 13.8 Å². The van der Waals surface area contributed by atoms with Gasteiger partial charge in [0.05, 0.1) is 0 Å². The zero-order chi connectivity index (χ0) is 12.8. The number of hydrogen-bond donors (Lipinski definition) is 1. The number of nitrogens with zero attached hydrogens (tertiary/aromatic N) is 3. The summed E-state index contributed by atoms with van der Waals surface area (Å²) in [6, 6.07) is 0. The van der Waals surface area contributed by atoms with Gasteiger partial charge >= 0.3 is 0 Å². The Labute approximate surface area is 107 Å². The van der Waals surface area contributed by atoms with Crippen LogP contribution in [0.1, 0.15) is 37.2 Å². The minimum atomic E-state index is 0.0734. The molecule has 0 spiro atoms. The summed E-state index contributed by atoms with van der Waals surface area (Å²) in [6.45, 7) is 8.00. The first-order valence-corrected chi connectivity index (χ1v) is 6.65. The van der Waals surface area contributed by atoms with Gasteiger partial charge in [-0.2, -0.15) is 0 Å². The lowest BCUT2D eigenvalue weighted by molar-refractivity contribution is 0.0773. The highest BCUT2D eigenvalue weighted by Crippen LogP contribution is 2.29. The Morgan fingerprint density at radius 3 is 2.94 bits per heavy atom. The van der Waals surface area contributed by atoms with Crippen molar-refractivity contribution in [2.24, 2.45) is 5.41 Å². The minimum absolute atomic E-state index is 0.0734. The van der Waals surface area contributed by atoms with Crippen molar-refractivity contribution in [1.29, 1.82) is 0 Å². The molecule has 98 valence electrons. The molecule has 1 fully saturated rings. The van der Waals surface area contributed by atoms with Crippen LogP contribution in [0.2, 0.25) is 0 Å². The third-order valence-corrected chi connectivity index (χ3v) is 3.82. The van der Waals surface area contributed by atoms with E-state index in [9.17, 15) is 4.79 Å². The summed E-state index contributed by atoms with van der Waals surface area (Å²) in [6.07, 6.45) is 4.05. The summed E-state index contributed by atoms with van der Waals surface area (Å²) < 4.78 is 2.04. The molecule has 2 aliphatic heterocycles. The number of rotatable bonds is 1.